The number of carbonyl (C=O) groups excluding carboxylic acids is 1. The molecule has 13 heavy (non-hydrogen) atoms. The van der Waals surface area contributed by atoms with Crippen LogP contribution >= 0.6 is 0 Å². The molecule has 5 heteroatoms. The molecule has 1 aliphatic heterocycles. The maximum absolute atomic E-state index is 12.7. The summed E-state index contributed by atoms with van der Waals surface area (Å²) in [5, 5.41) is 0. The number of carbonyl (C=O) groups is 1. The van der Waals surface area contributed by atoms with Gasteiger partial charge in [-0.3, -0.25) is 4.79 Å². The molecule has 0 radical (unpaired) electrons. The highest BCUT2D eigenvalue weighted by atomic mass is 32.2. The van der Waals surface area contributed by atoms with E-state index in [0.717, 1.165) is 6.07 Å². The second kappa shape index (κ2) is 2.38. The molecular formula is C8H6FNO2S. The lowest BCUT2D eigenvalue weighted by Crippen LogP contribution is -1.95. The van der Waals surface area contributed by atoms with Crippen LogP contribution in [0, 0.1) is 5.82 Å². The van der Waals surface area contributed by atoms with E-state index in [1.54, 1.807) is 0 Å². The van der Waals surface area contributed by atoms with Crippen LogP contribution in [0.4, 0.5) is 4.39 Å². The Hall–Kier alpha value is -1.23. The van der Waals surface area contributed by atoms with E-state index in [-0.39, 0.29) is 5.56 Å². The zero-order valence-corrected chi connectivity index (χ0v) is 7.60. The van der Waals surface area contributed by atoms with E-state index < -0.39 is 21.5 Å². The summed E-state index contributed by atoms with van der Waals surface area (Å²) in [5.74, 6) is -1.11. The Morgan fingerprint density at radius 2 is 2.15 bits per heavy atom. The third kappa shape index (κ3) is 1.16. The molecular weight excluding hydrogens is 193 g/mol. The van der Waals surface area contributed by atoms with Crippen LogP contribution in [0.5, 0.6) is 0 Å². The Bertz CT molecular complexity index is 515. The van der Waals surface area contributed by atoms with Crippen LogP contribution in [-0.2, 0) is 9.73 Å². The molecule has 1 aromatic rings. The predicted octanol–water partition coefficient (Wildman–Crippen LogP) is 1.44. The zero-order valence-electron chi connectivity index (χ0n) is 6.78. The number of nitrogens with zero attached hydrogens (tertiary/aromatic N) is 1. The molecule has 1 aromatic carbocycles. The summed E-state index contributed by atoms with van der Waals surface area (Å²) in [6.07, 6.45) is 1.37. The van der Waals surface area contributed by atoms with Crippen LogP contribution in [0.25, 0.3) is 0 Å². The Balaban J connectivity index is 2.83. The van der Waals surface area contributed by atoms with Crippen molar-refractivity contribution in [1.29, 1.82) is 0 Å². The average molecular weight is 199 g/mol. The summed E-state index contributed by atoms with van der Waals surface area (Å²) in [4.78, 5) is 11.5. The fraction of sp³-hybridized carbons (Fsp3) is 0.125. The van der Waals surface area contributed by atoms with Gasteiger partial charge in [0, 0.05) is 6.26 Å². The van der Waals surface area contributed by atoms with Gasteiger partial charge < -0.3 is 0 Å². The van der Waals surface area contributed by atoms with Gasteiger partial charge in [-0.25, -0.2) is 8.60 Å². The molecule has 1 aliphatic rings. The highest BCUT2D eigenvalue weighted by Gasteiger charge is 2.25. The number of halogens is 1. The van der Waals surface area contributed by atoms with Gasteiger partial charge in [0.15, 0.2) is 0 Å². The summed E-state index contributed by atoms with van der Waals surface area (Å²) in [6.45, 7) is 0. The molecule has 0 saturated carbocycles. The van der Waals surface area contributed by atoms with Crippen molar-refractivity contribution in [3.63, 3.8) is 0 Å². The van der Waals surface area contributed by atoms with Crippen molar-refractivity contribution in [3.05, 3.63) is 29.6 Å². The van der Waals surface area contributed by atoms with Gasteiger partial charge in [-0.15, -0.1) is 0 Å². The average Bonchev–Trinajstić information content (AvgIpc) is 2.22. The van der Waals surface area contributed by atoms with Crippen molar-refractivity contribution in [1.82, 2.24) is 0 Å². The summed E-state index contributed by atoms with van der Waals surface area (Å²) in [6, 6.07) is 3.59. The number of hydrogen-bond acceptors (Lipinski definition) is 2. The van der Waals surface area contributed by atoms with Gasteiger partial charge in [-0.05, 0) is 18.2 Å². The first kappa shape index (κ1) is 8.37. The molecule has 0 N–H and O–H groups in total. The molecule has 0 aliphatic carbocycles. The van der Waals surface area contributed by atoms with Crippen LogP contribution in [-0.4, -0.2) is 16.4 Å². The minimum absolute atomic E-state index is 0.118. The number of fused-ring (bicyclic) bond motifs is 1. The molecule has 1 unspecified atom stereocenters. The molecule has 2 rings (SSSR count). The second-order valence-corrected chi connectivity index (χ2v) is 5.07. The molecule has 3 nitrogen and oxygen atoms in total. The first-order valence-corrected chi connectivity index (χ1v) is 5.49. The summed E-state index contributed by atoms with van der Waals surface area (Å²) in [7, 11) is -2.61. The number of amides is 1. The van der Waals surface area contributed by atoms with Gasteiger partial charge in [-0.1, -0.05) is 0 Å². The SMILES string of the molecule is CS1(=O)=NC(=O)c2cc(F)ccc21. The van der Waals surface area contributed by atoms with Crippen LogP contribution in [0.3, 0.4) is 0 Å². The zero-order chi connectivity index (χ0) is 9.64. The Morgan fingerprint density at radius 1 is 1.46 bits per heavy atom. The van der Waals surface area contributed by atoms with Crippen molar-refractivity contribution in [2.24, 2.45) is 4.36 Å². The molecule has 1 heterocycles. The van der Waals surface area contributed by atoms with E-state index in [0.29, 0.717) is 4.90 Å². The third-order valence-electron chi connectivity index (χ3n) is 1.84. The molecule has 1 amide bonds. The lowest BCUT2D eigenvalue weighted by Gasteiger charge is -1.97. The second-order valence-electron chi connectivity index (χ2n) is 2.84. The molecule has 0 saturated heterocycles. The number of benzene rings is 1. The monoisotopic (exact) mass is 199 g/mol. The lowest BCUT2D eigenvalue weighted by atomic mass is 10.2. The first-order chi connectivity index (χ1) is 6.00. The molecule has 1 atom stereocenters. The highest BCUT2D eigenvalue weighted by Crippen LogP contribution is 2.25. The highest BCUT2D eigenvalue weighted by molar-refractivity contribution is 7.93. The summed E-state index contributed by atoms with van der Waals surface area (Å²) >= 11 is 0. The fourth-order valence-corrected chi connectivity index (χ4v) is 2.64. The smallest absolute Gasteiger partial charge is 0.266 e. The molecule has 0 fully saturated rings. The quantitative estimate of drug-likeness (QED) is 0.634. The number of hydrogen-bond donors (Lipinski definition) is 0. The Kier molecular flexibility index (Phi) is 1.53. The van der Waals surface area contributed by atoms with E-state index in [4.69, 9.17) is 0 Å². The van der Waals surface area contributed by atoms with Gasteiger partial charge in [-0.2, -0.15) is 4.36 Å². The Morgan fingerprint density at radius 3 is 2.85 bits per heavy atom. The largest absolute Gasteiger partial charge is 0.286 e. The first-order valence-electron chi connectivity index (χ1n) is 3.57. The normalized spacial score (nSPS) is 25.5. The van der Waals surface area contributed by atoms with E-state index in [9.17, 15) is 13.4 Å². The molecule has 0 aromatic heterocycles. The van der Waals surface area contributed by atoms with Crippen LogP contribution < -0.4 is 0 Å². The van der Waals surface area contributed by atoms with Gasteiger partial charge >= 0.3 is 0 Å². The maximum Gasteiger partial charge on any atom is 0.286 e. The maximum atomic E-state index is 12.7. The van der Waals surface area contributed by atoms with Gasteiger partial charge in [0.1, 0.15) is 5.82 Å². The summed E-state index contributed by atoms with van der Waals surface area (Å²) < 4.78 is 27.8. The van der Waals surface area contributed by atoms with Crippen molar-refractivity contribution in [2.45, 2.75) is 4.90 Å². The van der Waals surface area contributed by atoms with E-state index >= 15 is 0 Å². The number of rotatable bonds is 0. The van der Waals surface area contributed by atoms with Crippen molar-refractivity contribution < 1.29 is 13.4 Å². The van der Waals surface area contributed by atoms with Crippen molar-refractivity contribution in [2.75, 3.05) is 6.26 Å². The van der Waals surface area contributed by atoms with Gasteiger partial charge in [0.05, 0.1) is 20.2 Å². The van der Waals surface area contributed by atoms with Crippen molar-refractivity contribution >= 4 is 15.6 Å². The van der Waals surface area contributed by atoms with Gasteiger partial charge in [0.2, 0.25) is 0 Å². The van der Waals surface area contributed by atoms with E-state index in [1.807, 2.05) is 0 Å². The predicted molar refractivity (Wildman–Crippen MR) is 45.5 cm³/mol. The van der Waals surface area contributed by atoms with E-state index in [1.165, 1.54) is 18.4 Å². The van der Waals surface area contributed by atoms with Gasteiger partial charge in [0.25, 0.3) is 5.91 Å². The Labute approximate surface area is 74.8 Å². The lowest BCUT2D eigenvalue weighted by molar-refractivity contribution is 0.101. The molecule has 0 bridgehead atoms. The van der Waals surface area contributed by atoms with Crippen LogP contribution in [0.2, 0.25) is 0 Å². The fourth-order valence-electron chi connectivity index (χ4n) is 1.26. The molecule has 68 valence electrons. The van der Waals surface area contributed by atoms with Crippen LogP contribution in [0.1, 0.15) is 10.4 Å². The van der Waals surface area contributed by atoms with E-state index in [2.05, 4.69) is 4.36 Å². The third-order valence-corrected chi connectivity index (χ3v) is 3.52. The topological polar surface area (TPSA) is 46.5 Å². The standard InChI is InChI=1S/C8H6FNO2S/c1-13(12)7-3-2-5(9)4-6(7)8(11)10-13/h2-4H,1H3. The molecule has 0 spiro atoms. The van der Waals surface area contributed by atoms with Crippen LogP contribution in [0.15, 0.2) is 27.5 Å². The minimum Gasteiger partial charge on any atom is -0.266 e. The minimum atomic E-state index is -2.61. The van der Waals surface area contributed by atoms with Crippen molar-refractivity contribution in [3.8, 4) is 0 Å². The summed E-state index contributed by atoms with van der Waals surface area (Å²) in [5.41, 5.74) is 0.118.